The number of likely N-dealkylation sites (tertiary alicyclic amines) is 1. The maximum atomic E-state index is 5.79. The van der Waals surface area contributed by atoms with Gasteiger partial charge in [0.05, 0.1) is 0 Å². The monoisotopic (exact) mass is 227 g/mol. The lowest BCUT2D eigenvalue weighted by Crippen LogP contribution is -2.48. The molecule has 1 rings (SSSR count). The number of likely N-dealkylation sites (N-methyl/N-ethyl adjacent to an activating group) is 1. The molecule has 0 amide bonds. The normalized spacial score (nSPS) is 24.0. The minimum absolute atomic E-state index is 0.139. The molecule has 1 unspecified atom stereocenters. The number of hydrogen-bond acceptors (Lipinski definition) is 3. The molecule has 1 fully saturated rings. The van der Waals surface area contributed by atoms with Crippen molar-refractivity contribution in [2.24, 2.45) is 11.7 Å². The molecule has 0 aromatic carbocycles. The van der Waals surface area contributed by atoms with E-state index >= 15 is 0 Å². The SMILES string of the molecule is CN1CCCC(CCN(C)C(C)(C)CN)C1. The Morgan fingerprint density at radius 3 is 2.69 bits per heavy atom. The zero-order chi connectivity index (χ0) is 12.2. The Kier molecular flexibility index (Phi) is 5.22. The van der Waals surface area contributed by atoms with Gasteiger partial charge in [-0.05, 0) is 66.2 Å². The second kappa shape index (κ2) is 5.99. The van der Waals surface area contributed by atoms with E-state index in [4.69, 9.17) is 5.73 Å². The predicted molar refractivity (Wildman–Crippen MR) is 70.6 cm³/mol. The van der Waals surface area contributed by atoms with Crippen molar-refractivity contribution < 1.29 is 0 Å². The molecule has 1 saturated heterocycles. The maximum Gasteiger partial charge on any atom is 0.0272 e. The lowest BCUT2D eigenvalue weighted by molar-refractivity contribution is 0.133. The molecule has 3 heteroatoms. The van der Waals surface area contributed by atoms with Crippen LogP contribution in [0.25, 0.3) is 0 Å². The summed E-state index contributed by atoms with van der Waals surface area (Å²) in [7, 11) is 4.43. The summed E-state index contributed by atoms with van der Waals surface area (Å²) in [6.45, 7) is 8.90. The summed E-state index contributed by atoms with van der Waals surface area (Å²) >= 11 is 0. The Balaban J connectivity index is 2.28. The summed E-state index contributed by atoms with van der Waals surface area (Å²) in [4.78, 5) is 4.86. The first-order valence-corrected chi connectivity index (χ1v) is 6.55. The number of nitrogens with zero attached hydrogens (tertiary/aromatic N) is 2. The van der Waals surface area contributed by atoms with E-state index in [1.807, 2.05) is 0 Å². The van der Waals surface area contributed by atoms with Crippen LogP contribution >= 0.6 is 0 Å². The standard InChI is InChI=1S/C13H29N3/c1-13(2,11-14)16(4)9-7-12-6-5-8-15(3)10-12/h12H,5-11,14H2,1-4H3. The molecule has 96 valence electrons. The van der Waals surface area contributed by atoms with Crippen molar-refractivity contribution in [3.63, 3.8) is 0 Å². The molecule has 0 aliphatic carbocycles. The van der Waals surface area contributed by atoms with E-state index in [-0.39, 0.29) is 5.54 Å². The van der Waals surface area contributed by atoms with E-state index < -0.39 is 0 Å². The molecule has 16 heavy (non-hydrogen) atoms. The first kappa shape index (κ1) is 13.9. The Morgan fingerprint density at radius 1 is 1.44 bits per heavy atom. The molecule has 0 aromatic heterocycles. The fraction of sp³-hybridized carbons (Fsp3) is 1.00. The van der Waals surface area contributed by atoms with Gasteiger partial charge in [-0.3, -0.25) is 4.90 Å². The molecule has 1 aliphatic heterocycles. The highest BCUT2D eigenvalue weighted by Gasteiger charge is 2.23. The van der Waals surface area contributed by atoms with Crippen molar-refractivity contribution in [1.82, 2.24) is 9.80 Å². The molecule has 0 aromatic rings. The van der Waals surface area contributed by atoms with Gasteiger partial charge in [-0.25, -0.2) is 0 Å². The van der Waals surface area contributed by atoms with Gasteiger partial charge < -0.3 is 10.6 Å². The average molecular weight is 227 g/mol. The third-order valence-electron chi connectivity index (χ3n) is 4.13. The molecule has 2 N–H and O–H groups in total. The van der Waals surface area contributed by atoms with Crippen molar-refractivity contribution in [3.8, 4) is 0 Å². The van der Waals surface area contributed by atoms with Crippen LogP contribution in [0.2, 0.25) is 0 Å². The van der Waals surface area contributed by atoms with Crippen LogP contribution in [0, 0.1) is 5.92 Å². The summed E-state index contributed by atoms with van der Waals surface area (Å²) in [5.41, 5.74) is 5.93. The summed E-state index contributed by atoms with van der Waals surface area (Å²) < 4.78 is 0. The fourth-order valence-corrected chi connectivity index (χ4v) is 2.34. The number of hydrogen-bond donors (Lipinski definition) is 1. The molecular weight excluding hydrogens is 198 g/mol. The van der Waals surface area contributed by atoms with Crippen molar-refractivity contribution in [2.75, 3.05) is 40.3 Å². The van der Waals surface area contributed by atoms with Crippen LogP contribution in [0.1, 0.15) is 33.1 Å². The fourth-order valence-electron chi connectivity index (χ4n) is 2.34. The minimum Gasteiger partial charge on any atom is -0.329 e. The lowest BCUT2D eigenvalue weighted by atomic mass is 9.94. The first-order valence-electron chi connectivity index (χ1n) is 6.55. The van der Waals surface area contributed by atoms with Crippen LogP contribution < -0.4 is 5.73 Å². The number of rotatable bonds is 5. The van der Waals surface area contributed by atoms with Crippen molar-refractivity contribution in [1.29, 1.82) is 0 Å². The quantitative estimate of drug-likeness (QED) is 0.770. The van der Waals surface area contributed by atoms with E-state index in [0.717, 1.165) is 12.5 Å². The van der Waals surface area contributed by atoms with Gasteiger partial charge in [0.15, 0.2) is 0 Å². The molecule has 0 bridgehead atoms. The van der Waals surface area contributed by atoms with Gasteiger partial charge in [0.1, 0.15) is 0 Å². The molecular formula is C13H29N3. The molecule has 1 aliphatic rings. The first-order chi connectivity index (χ1) is 7.45. The van der Waals surface area contributed by atoms with Crippen LogP contribution in [0.3, 0.4) is 0 Å². The second-order valence-corrected chi connectivity index (χ2v) is 6.00. The van der Waals surface area contributed by atoms with E-state index in [1.54, 1.807) is 0 Å². The highest BCUT2D eigenvalue weighted by atomic mass is 15.2. The zero-order valence-corrected chi connectivity index (χ0v) is 11.5. The van der Waals surface area contributed by atoms with Crippen molar-refractivity contribution in [2.45, 2.75) is 38.6 Å². The van der Waals surface area contributed by atoms with Gasteiger partial charge in [-0.2, -0.15) is 0 Å². The predicted octanol–water partition coefficient (Wildman–Crippen LogP) is 1.39. The molecule has 3 nitrogen and oxygen atoms in total. The van der Waals surface area contributed by atoms with Gasteiger partial charge in [0, 0.05) is 18.6 Å². The van der Waals surface area contributed by atoms with Crippen LogP contribution in [0.4, 0.5) is 0 Å². The van der Waals surface area contributed by atoms with E-state index in [9.17, 15) is 0 Å². The van der Waals surface area contributed by atoms with Crippen LogP contribution in [0.15, 0.2) is 0 Å². The van der Waals surface area contributed by atoms with Gasteiger partial charge >= 0.3 is 0 Å². The Labute approximate surface area is 101 Å². The second-order valence-electron chi connectivity index (χ2n) is 6.00. The largest absolute Gasteiger partial charge is 0.329 e. The third-order valence-corrected chi connectivity index (χ3v) is 4.13. The topological polar surface area (TPSA) is 32.5 Å². The summed E-state index contributed by atoms with van der Waals surface area (Å²) in [6.07, 6.45) is 4.08. The number of nitrogens with two attached hydrogens (primary N) is 1. The summed E-state index contributed by atoms with van der Waals surface area (Å²) in [5, 5.41) is 0. The molecule has 0 saturated carbocycles. The minimum atomic E-state index is 0.139. The average Bonchev–Trinajstić information content (AvgIpc) is 2.26. The van der Waals surface area contributed by atoms with Crippen LogP contribution in [-0.4, -0.2) is 55.6 Å². The molecule has 0 spiro atoms. The van der Waals surface area contributed by atoms with E-state index in [0.29, 0.717) is 0 Å². The van der Waals surface area contributed by atoms with Gasteiger partial charge in [0.25, 0.3) is 0 Å². The highest BCUT2D eigenvalue weighted by molar-refractivity contribution is 4.81. The van der Waals surface area contributed by atoms with E-state index in [2.05, 4.69) is 37.7 Å². The Bertz CT molecular complexity index is 203. The van der Waals surface area contributed by atoms with Crippen molar-refractivity contribution in [3.05, 3.63) is 0 Å². The molecule has 0 radical (unpaired) electrons. The van der Waals surface area contributed by atoms with Gasteiger partial charge in [-0.15, -0.1) is 0 Å². The zero-order valence-electron chi connectivity index (χ0n) is 11.5. The van der Waals surface area contributed by atoms with Crippen molar-refractivity contribution >= 4 is 0 Å². The number of piperidine rings is 1. The van der Waals surface area contributed by atoms with E-state index in [1.165, 1.54) is 38.9 Å². The highest BCUT2D eigenvalue weighted by Crippen LogP contribution is 2.20. The Morgan fingerprint density at radius 2 is 2.12 bits per heavy atom. The third kappa shape index (κ3) is 4.04. The maximum absolute atomic E-state index is 5.79. The lowest BCUT2D eigenvalue weighted by Gasteiger charge is -2.37. The molecule has 1 atom stereocenters. The molecule has 1 heterocycles. The summed E-state index contributed by atoms with van der Waals surface area (Å²) in [5.74, 6) is 0.884. The van der Waals surface area contributed by atoms with Gasteiger partial charge in [0.2, 0.25) is 0 Å². The van der Waals surface area contributed by atoms with Crippen LogP contribution in [-0.2, 0) is 0 Å². The Hall–Kier alpha value is -0.120. The summed E-state index contributed by atoms with van der Waals surface area (Å²) in [6, 6.07) is 0. The van der Waals surface area contributed by atoms with Crippen LogP contribution in [0.5, 0.6) is 0 Å². The smallest absolute Gasteiger partial charge is 0.0272 e. The van der Waals surface area contributed by atoms with Gasteiger partial charge in [-0.1, -0.05) is 0 Å².